The molecule has 8 N–H and O–H groups in total. The number of fused-ring (bicyclic) bond motifs is 1. The molecule has 0 saturated heterocycles. The van der Waals surface area contributed by atoms with Crippen LogP contribution in [-0.4, -0.2) is 74.9 Å². The number of benzene rings is 1. The molecule has 0 aliphatic heterocycles. The molecule has 1 aromatic heterocycles. The van der Waals surface area contributed by atoms with E-state index in [2.05, 4.69) is 33.6 Å². The standard InChI is InChI=1S/C21H29N5O6S/c1-10(24-20(30)17(22)11(2)27)18(28)25-15(19(29)26-16(9-33)21(31)32)7-12-8-23-14-6-4-3-5-13(12)14/h3-6,8,10-11,15-17,23,27,33H,7,9,22H2,1-2H3,(H,24,30)(H,25,28)(H,26,29)(H,31,32). The summed E-state index contributed by atoms with van der Waals surface area (Å²) in [6, 6.07) is 2.72. The van der Waals surface area contributed by atoms with Crippen LogP contribution in [0.3, 0.4) is 0 Å². The number of aliphatic hydroxyl groups is 1. The van der Waals surface area contributed by atoms with Crippen LogP contribution in [0, 0.1) is 0 Å². The van der Waals surface area contributed by atoms with Gasteiger partial charge in [-0.15, -0.1) is 0 Å². The lowest BCUT2D eigenvalue weighted by Gasteiger charge is -2.23. The summed E-state index contributed by atoms with van der Waals surface area (Å²) in [5, 5.41) is 26.8. The van der Waals surface area contributed by atoms with Crippen molar-refractivity contribution in [3.8, 4) is 0 Å². The predicted octanol–water partition coefficient (Wildman–Crippen LogP) is -1.09. The highest BCUT2D eigenvalue weighted by Crippen LogP contribution is 2.19. The van der Waals surface area contributed by atoms with Gasteiger partial charge in [-0.3, -0.25) is 14.4 Å². The number of aliphatic hydroxyl groups excluding tert-OH is 1. The van der Waals surface area contributed by atoms with Crippen LogP contribution < -0.4 is 21.7 Å². The Bertz CT molecular complexity index is 1010. The van der Waals surface area contributed by atoms with E-state index >= 15 is 0 Å². The quantitative estimate of drug-likeness (QED) is 0.188. The summed E-state index contributed by atoms with van der Waals surface area (Å²) >= 11 is 3.94. The molecule has 0 bridgehead atoms. The number of carbonyl (C=O) groups excluding carboxylic acids is 3. The summed E-state index contributed by atoms with van der Waals surface area (Å²) in [4.78, 5) is 52.0. The van der Waals surface area contributed by atoms with E-state index in [4.69, 9.17) is 5.73 Å². The number of carboxylic acid groups (broad SMARTS) is 1. The molecular weight excluding hydrogens is 450 g/mol. The molecule has 5 unspecified atom stereocenters. The van der Waals surface area contributed by atoms with Crippen molar-refractivity contribution in [2.24, 2.45) is 5.73 Å². The largest absolute Gasteiger partial charge is 0.480 e. The van der Waals surface area contributed by atoms with E-state index in [1.165, 1.54) is 13.8 Å². The van der Waals surface area contributed by atoms with Crippen LogP contribution in [0.15, 0.2) is 30.5 Å². The first-order chi connectivity index (χ1) is 15.5. The lowest BCUT2D eigenvalue weighted by Crippen LogP contribution is -2.58. The molecule has 180 valence electrons. The zero-order valence-corrected chi connectivity index (χ0v) is 19.1. The van der Waals surface area contributed by atoms with Crippen LogP contribution in [-0.2, 0) is 25.6 Å². The van der Waals surface area contributed by atoms with Gasteiger partial charge in [0.15, 0.2) is 0 Å². The Balaban J connectivity index is 2.20. The number of hydrogen-bond donors (Lipinski definition) is 8. The molecule has 1 heterocycles. The number of aromatic nitrogens is 1. The van der Waals surface area contributed by atoms with Gasteiger partial charge in [0.1, 0.15) is 24.2 Å². The average molecular weight is 480 g/mol. The lowest BCUT2D eigenvalue weighted by molar-refractivity contribution is -0.141. The maximum Gasteiger partial charge on any atom is 0.327 e. The van der Waals surface area contributed by atoms with Crippen molar-refractivity contribution in [3.05, 3.63) is 36.0 Å². The predicted molar refractivity (Wildman–Crippen MR) is 125 cm³/mol. The highest BCUT2D eigenvalue weighted by molar-refractivity contribution is 7.80. The number of aliphatic carboxylic acids is 1. The van der Waals surface area contributed by atoms with Crippen LogP contribution >= 0.6 is 12.6 Å². The van der Waals surface area contributed by atoms with E-state index in [0.29, 0.717) is 0 Å². The third-order valence-corrected chi connectivity index (χ3v) is 5.47. The zero-order valence-electron chi connectivity index (χ0n) is 18.2. The van der Waals surface area contributed by atoms with Crippen molar-refractivity contribution in [3.63, 3.8) is 0 Å². The number of amides is 3. The first-order valence-corrected chi connectivity index (χ1v) is 10.9. The number of carboxylic acids is 1. The van der Waals surface area contributed by atoms with Crippen LogP contribution in [0.2, 0.25) is 0 Å². The van der Waals surface area contributed by atoms with Gasteiger partial charge in [0.25, 0.3) is 0 Å². The lowest BCUT2D eigenvalue weighted by atomic mass is 10.0. The molecule has 5 atom stereocenters. The van der Waals surface area contributed by atoms with E-state index in [1.807, 2.05) is 24.3 Å². The van der Waals surface area contributed by atoms with Crippen LogP contribution in [0.4, 0.5) is 0 Å². The normalized spacial score (nSPS) is 15.7. The smallest absolute Gasteiger partial charge is 0.327 e. The number of nitrogens with one attached hydrogen (secondary N) is 4. The van der Waals surface area contributed by atoms with Gasteiger partial charge in [-0.25, -0.2) is 4.79 Å². The fourth-order valence-corrected chi connectivity index (χ4v) is 3.33. The van der Waals surface area contributed by atoms with Gasteiger partial charge < -0.3 is 36.9 Å². The molecule has 0 fully saturated rings. The minimum absolute atomic E-state index is 0.0638. The highest BCUT2D eigenvalue weighted by atomic mass is 32.1. The molecule has 0 aliphatic rings. The van der Waals surface area contributed by atoms with Gasteiger partial charge in [0.05, 0.1) is 6.10 Å². The van der Waals surface area contributed by atoms with Gasteiger partial charge in [-0.1, -0.05) is 18.2 Å². The van der Waals surface area contributed by atoms with Crippen molar-refractivity contribution in [1.82, 2.24) is 20.9 Å². The molecule has 0 spiro atoms. The van der Waals surface area contributed by atoms with E-state index in [0.717, 1.165) is 16.5 Å². The first-order valence-electron chi connectivity index (χ1n) is 10.3. The van der Waals surface area contributed by atoms with Gasteiger partial charge in [0.2, 0.25) is 17.7 Å². The number of nitrogens with two attached hydrogens (primary N) is 1. The third kappa shape index (κ3) is 6.94. The molecule has 0 saturated carbocycles. The maximum atomic E-state index is 12.9. The molecule has 1 aromatic carbocycles. The molecular formula is C21H29N5O6S. The fraction of sp³-hybridized carbons (Fsp3) is 0.429. The van der Waals surface area contributed by atoms with E-state index in [9.17, 15) is 29.4 Å². The molecule has 0 radical (unpaired) electrons. The number of aromatic amines is 1. The van der Waals surface area contributed by atoms with Crippen molar-refractivity contribution in [1.29, 1.82) is 0 Å². The summed E-state index contributed by atoms with van der Waals surface area (Å²) in [6.45, 7) is 2.74. The minimum Gasteiger partial charge on any atom is -0.480 e. The number of H-pyrrole nitrogens is 1. The minimum atomic E-state index is -1.26. The average Bonchev–Trinajstić information content (AvgIpc) is 3.18. The number of rotatable bonds is 11. The second-order valence-electron chi connectivity index (χ2n) is 7.70. The first kappa shape index (κ1) is 26.2. The number of carbonyl (C=O) groups is 4. The Morgan fingerprint density at radius 3 is 2.27 bits per heavy atom. The molecule has 0 aliphatic carbocycles. The Morgan fingerprint density at radius 2 is 1.67 bits per heavy atom. The SMILES string of the molecule is CC(NC(=O)C(N)C(C)O)C(=O)NC(Cc1c[nH]c2ccccc12)C(=O)NC(CS)C(=O)O. The van der Waals surface area contributed by atoms with Gasteiger partial charge >= 0.3 is 5.97 Å². The van der Waals surface area contributed by atoms with Crippen LogP contribution in [0.5, 0.6) is 0 Å². The Kier molecular flexibility index (Phi) is 9.26. The van der Waals surface area contributed by atoms with Gasteiger partial charge in [0, 0.05) is 29.3 Å². The maximum absolute atomic E-state index is 12.9. The van der Waals surface area contributed by atoms with E-state index in [-0.39, 0.29) is 12.2 Å². The number of para-hydroxylation sites is 1. The summed E-state index contributed by atoms with van der Waals surface area (Å²) in [6.07, 6.45) is 0.654. The van der Waals surface area contributed by atoms with Gasteiger partial charge in [-0.2, -0.15) is 12.6 Å². The summed E-state index contributed by atoms with van der Waals surface area (Å²) in [7, 11) is 0. The van der Waals surface area contributed by atoms with E-state index < -0.39 is 54.0 Å². The molecule has 2 rings (SSSR count). The number of thiol groups is 1. The van der Waals surface area contributed by atoms with Crippen LogP contribution in [0.1, 0.15) is 19.4 Å². The summed E-state index contributed by atoms with van der Waals surface area (Å²) in [5.41, 5.74) is 7.15. The topological polar surface area (TPSA) is 187 Å². The monoisotopic (exact) mass is 479 g/mol. The molecule has 12 heteroatoms. The fourth-order valence-electron chi connectivity index (χ4n) is 3.08. The third-order valence-electron chi connectivity index (χ3n) is 5.10. The van der Waals surface area contributed by atoms with Crippen molar-refractivity contribution >= 4 is 47.2 Å². The second kappa shape index (κ2) is 11.7. The summed E-state index contributed by atoms with van der Waals surface area (Å²) in [5.74, 6) is -3.53. The molecule has 2 aromatic rings. The zero-order chi connectivity index (χ0) is 24.7. The highest BCUT2D eigenvalue weighted by Gasteiger charge is 2.29. The van der Waals surface area contributed by atoms with E-state index in [1.54, 1.807) is 6.20 Å². The Morgan fingerprint density at radius 1 is 1.03 bits per heavy atom. The van der Waals surface area contributed by atoms with Crippen molar-refractivity contribution < 1.29 is 29.4 Å². The molecule has 33 heavy (non-hydrogen) atoms. The summed E-state index contributed by atoms with van der Waals surface area (Å²) < 4.78 is 0. The molecule has 3 amide bonds. The van der Waals surface area contributed by atoms with Crippen molar-refractivity contribution in [2.45, 2.75) is 50.5 Å². The second-order valence-corrected chi connectivity index (χ2v) is 8.07. The Hall–Kier alpha value is -3.09. The van der Waals surface area contributed by atoms with Crippen molar-refractivity contribution in [2.75, 3.05) is 5.75 Å². The van der Waals surface area contributed by atoms with Crippen LogP contribution in [0.25, 0.3) is 10.9 Å². The Labute approximate surface area is 195 Å². The van der Waals surface area contributed by atoms with Gasteiger partial charge in [-0.05, 0) is 25.5 Å². The molecule has 11 nitrogen and oxygen atoms in total. The number of hydrogen-bond acceptors (Lipinski definition) is 7.